The van der Waals surface area contributed by atoms with Crippen LogP contribution in [0, 0.1) is 20.2 Å². The first-order valence-corrected chi connectivity index (χ1v) is 14.1. The van der Waals surface area contributed by atoms with Crippen LogP contribution in [0.1, 0.15) is 33.4 Å². The highest BCUT2D eigenvalue weighted by molar-refractivity contribution is 5.99. The minimum Gasteiger partial charge on any atom is -0.493 e. The summed E-state index contributed by atoms with van der Waals surface area (Å²) in [5, 5.41) is 21.4. The van der Waals surface area contributed by atoms with Crippen molar-refractivity contribution in [3.8, 4) is 23.0 Å². The molecule has 0 bridgehead atoms. The average Bonchev–Trinajstić information content (AvgIpc) is 3.66. The lowest BCUT2D eigenvalue weighted by Gasteiger charge is -2.10. The van der Waals surface area contributed by atoms with Gasteiger partial charge in [-0.2, -0.15) is 0 Å². The van der Waals surface area contributed by atoms with Gasteiger partial charge in [0.25, 0.3) is 11.4 Å². The van der Waals surface area contributed by atoms with Gasteiger partial charge in [-0.05, 0) is 105 Å². The molecule has 0 aliphatic heterocycles. The molecule has 0 saturated heterocycles. The van der Waals surface area contributed by atoms with Crippen LogP contribution in [0.4, 0.5) is 11.4 Å². The van der Waals surface area contributed by atoms with E-state index in [1.54, 1.807) is 52.7 Å². The Bertz CT molecular complexity index is 1780. The van der Waals surface area contributed by atoms with Gasteiger partial charge in [-0.1, -0.05) is 24.3 Å². The number of methoxy groups -OCH3 is 4. The monoisotopic (exact) mass is 618 g/mol. The molecule has 10 heteroatoms. The molecular formula is C36H30N2O8. The number of fused-ring (bicyclic) bond motifs is 2. The number of ether oxygens (including phenoxy) is 4. The van der Waals surface area contributed by atoms with Crippen LogP contribution in [0.15, 0.2) is 84.9 Å². The van der Waals surface area contributed by atoms with E-state index < -0.39 is 9.85 Å². The topological polar surface area (TPSA) is 123 Å². The first-order chi connectivity index (χ1) is 22.2. The van der Waals surface area contributed by atoms with Gasteiger partial charge in [0.2, 0.25) is 0 Å². The third-order valence-corrected chi connectivity index (χ3v) is 7.47. The van der Waals surface area contributed by atoms with Crippen LogP contribution in [0.25, 0.3) is 35.5 Å². The molecule has 0 saturated carbocycles. The molecule has 0 spiro atoms. The molecule has 0 amide bonds. The fourth-order valence-electron chi connectivity index (χ4n) is 5.10. The first kappa shape index (κ1) is 31.3. The number of nitrogens with zero attached hydrogens (tertiary/aromatic N) is 2. The lowest BCUT2D eigenvalue weighted by Crippen LogP contribution is -1.93. The second kappa shape index (κ2) is 13.6. The highest BCUT2D eigenvalue weighted by Crippen LogP contribution is 2.40. The summed E-state index contributed by atoms with van der Waals surface area (Å²) in [6.07, 6.45) is 12.0. The van der Waals surface area contributed by atoms with Crippen LogP contribution in [-0.4, -0.2) is 38.3 Å². The minimum atomic E-state index is -0.404. The molecule has 0 heterocycles. The highest BCUT2D eigenvalue weighted by atomic mass is 16.6. The molecule has 2 aliphatic carbocycles. The van der Waals surface area contributed by atoms with Crippen molar-refractivity contribution in [2.75, 3.05) is 28.4 Å². The Hall–Kier alpha value is -6.16. The predicted octanol–water partition coefficient (Wildman–Crippen LogP) is 8.36. The van der Waals surface area contributed by atoms with Crippen LogP contribution >= 0.6 is 0 Å². The zero-order valence-corrected chi connectivity index (χ0v) is 25.6. The fourth-order valence-corrected chi connectivity index (χ4v) is 5.10. The number of hydrogen-bond donors (Lipinski definition) is 0. The van der Waals surface area contributed by atoms with Crippen molar-refractivity contribution in [2.45, 2.75) is 0 Å². The molecule has 0 aromatic heterocycles. The van der Waals surface area contributed by atoms with Crippen molar-refractivity contribution in [1.82, 2.24) is 0 Å². The van der Waals surface area contributed by atoms with Gasteiger partial charge in [-0.15, -0.1) is 0 Å². The quantitative estimate of drug-likeness (QED) is 0.143. The number of non-ortho nitro benzene ring substituents is 2. The maximum atomic E-state index is 10.7. The van der Waals surface area contributed by atoms with E-state index in [2.05, 4.69) is 0 Å². The second-order valence-electron chi connectivity index (χ2n) is 10.2. The molecule has 6 rings (SSSR count). The fraction of sp³-hybridized carbons (Fsp3) is 0.111. The van der Waals surface area contributed by atoms with Gasteiger partial charge in [0.05, 0.1) is 38.3 Å². The summed E-state index contributed by atoms with van der Waals surface area (Å²) in [6.45, 7) is 0. The normalized spacial score (nSPS) is 13.9. The molecule has 4 aromatic rings. The van der Waals surface area contributed by atoms with E-state index in [9.17, 15) is 20.2 Å². The molecule has 0 N–H and O–H groups in total. The standard InChI is InChI=1S/2C18H15NO4/c2*1-22-17-10-14-6-5-13(16(14)11-18(17)23-2)9-12-3-7-15(8-4-12)19(20)21/h2*3-11H,1-2H3/b2*13-9+. The van der Waals surface area contributed by atoms with Gasteiger partial charge >= 0.3 is 0 Å². The lowest BCUT2D eigenvalue weighted by atomic mass is 10.0. The highest BCUT2D eigenvalue weighted by Gasteiger charge is 2.17. The summed E-state index contributed by atoms with van der Waals surface area (Å²) in [7, 11) is 6.42. The molecule has 2 aliphatic rings. The van der Waals surface area contributed by atoms with Gasteiger partial charge < -0.3 is 18.9 Å². The number of nitro groups is 2. The zero-order chi connectivity index (χ0) is 32.8. The van der Waals surface area contributed by atoms with E-state index in [0.717, 1.165) is 44.5 Å². The molecule has 0 unspecified atom stereocenters. The Labute approximate surface area is 265 Å². The van der Waals surface area contributed by atoms with Crippen molar-refractivity contribution in [2.24, 2.45) is 0 Å². The van der Waals surface area contributed by atoms with Gasteiger partial charge in [-0.25, -0.2) is 0 Å². The van der Waals surface area contributed by atoms with Gasteiger partial charge in [-0.3, -0.25) is 20.2 Å². The van der Waals surface area contributed by atoms with E-state index in [0.29, 0.717) is 23.0 Å². The largest absolute Gasteiger partial charge is 0.493 e. The molecular weight excluding hydrogens is 588 g/mol. The van der Waals surface area contributed by atoms with Gasteiger partial charge in [0.1, 0.15) is 0 Å². The third kappa shape index (κ3) is 6.66. The summed E-state index contributed by atoms with van der Waals surface area (Å²) >= 11 is 0. The number of allylic oxidation sites excluding steroid dienone is 4. The number of benzene rings is 4. The smallest absolute Gasteiger partial charge is 0.269 e. The number of nitro benzene ring substituents is 2. The lowest BCUT2D eigenvalue weighted by molar-refractivity contribution is -0.385. The maximum absolute atomic E-state index is 10.7. The number of hydrogen-bond acceptors (Lipinski definition) is 8. The van der Waals surface area contributed by atoms with Crippen molar-refractivity contribution < 1.29 is 28.8 Å². The molecule has 4 aromatic carbocycles. The third-order valence-electron chi connectivity index (χ3n) is 7.47. The van der Waals surface area contributed by atoms with E-state index in [1.807, 2.05) is 60.7 Å². The average molecular weight is 619 g/mol. The summed E-state index contributed by atoms with van der Waals surface area (Å²) < 4.78 is 21.3. The SMILES string of the molecule is COc1cc2c(cc1OC)/C(=C/c1ccc([N+](=O)[O-])cc1)C=C2.COc1cc2c(cc1OC)/C(=C/c1ccc([N+](=O)[O-])cc1)C=C2. The Morgan fingerprint density at radius 2 is 0.826 bits per heavy atom. The Morgan fingerprint density at radius 1 is 0.500 bits per heavy atom. The minimum absolute atomic E-state index is 0.0842. The first-order valence-electron chi connectivity index (χ1n) is 14.1. The predicted molar refractivity (Wildman–Crippen MR) is 179 cm³/mol. The summed E-state index contributed by atoms with van der Waals surface area (Å²) in [6, 6.07) is 20.7. The molecule has 0 radical (unpaired) electrons. The van der Waals surface area contributed by atoms with Gasteiger partial charge in [0, 0.05) is 24.3 Å². The number of rotatable bonds is 8. The Kier molecular flexibility index (Phi) is 9.28. The summed E-state index contributed by atoms with van der Waals surface area (Å²) in [4.78, 5) is 20.6. The summed E-state index contributed by atoms with van der Waals surface area (Å²) in [5.74, 6) is 2.72. The maximum Gasteiger partial charge on any atom is 0.269 e. The van der Waals surface area contributed by atoms with Crippen LogP contribution in [-0.2, 0) is 0 Å². The van der Waals surface area contributed by atoms with E-state index in [1.165, 1.54) is 24.3 Å². The Balaban J connectivity index is 0.000000181. The van der Waals surface area contributed by atoms with Crippen molar-refractivity contribution in [3.05, 3.63) is 139 Å². The van der Waals surface area contributed by atoms with E-state index >= 15 is 0 Å². The Morgan fingerprint density at radius 3 is 1.13 bits per heavy atom. The van der Waals surface area contributed by atoms with Gasteiger partial charge in [0.15, 0.2) is 23.0 Å². The van der Waals surface area contributed by atoms with Crippen molar-refractivity contribution >= 4 is 46.8 Å². The molecule has 46 heavy (non-hydrogen) atoms. The molecule has 0 atom stereocenters. The van der Waals surface area contributed by atoms with Crippen molar-refractivity contribution in [3.63, 3.8) is 0 Å². The van der Waals surface area contributed by atoms with Crippen LogP contribution < -0.4 is 18.9 Å². The zero-order valence-electron chi connectivity index (χ0n) is 25.6. The van der Waals surface area contributed by atoms with E-state index in [-0.39, 0.29) is 11.4 Å². The van der Waals surface area contributed by atoms with Crippen molar-refractivity contribution in [1.29, 1.82) is 0 Å². The van der Waals surface area contributed by atoms with Crippen LogP contribution in [0.5, 0.6) is 23.0 Å². The summed E-state index contributed by atoms with van der Waals surface area (Å²) in [5.41, 5.74) is 8.20. The molecule has 10 nitrogen and oxygen atoms in total. The second-order valence-corrected chi connectivity index (χ2v) is 10.2. The van der Waals surface area contributed by atoms with Crippen LogP contribution in [0.3, 0.4) is 0 Å². The van der Waals surface area contributed by atoms with Crippen LogP contribution in [0.2, 0.25) is 0 Å². The van der Waals surface area contributed by atoms with E-state index in [4.69, 9.17) is 18.9 Å². The molecule has 0 fully saturated rings. The molecule has 232 valence electrons.